The number of para-hydroxylation sites is 1. The SMILES string of the molecule is CC(/C=C/c1ccco1)=NNC(=O)COc1ccccc1C(C)(C)C. The highest BCUT2D eigenvalue weighted by molar-refractivity contribution is 5.96. The molecule has 1 aromatic heterocycles. The number of furan rings is 1. The normalized spacial score (nSPS) is 12.4. The number of hydrogen-bond acceptors (Lipinski definition) is 4. The first kappa shape index (κ1) is 18.5. The van der Waals surface area contributed by atoms with Gasteiger partial charge in [-0.2, -0.15) is 5.10 Å². The maximum absolute atomic E-state index is 11.9. The summed E-state index contributed by atoms with van der Waals surface area (Å²) in [6.07, 6.45) is 5.14. The van der Waals surface area contributed by atoms with Crippen LogP contribution in [0.4, 0.5) is 0 Å². The van der Waals surface area contributed by atoms with Crippen LogP contribution in [0.1, 0.15) is 39.0 Å². The standard InChI is InChI=1S/C20H24N2O3/c1-15(11-12-16-8-7-13-24-16)21-22-19(23)14-25-18-10-6-5-9-17(18)20(2,3)4/h5-13H,14H2,1-4H3,(H,22,23)/b12-11+,21-15?. The zero-order chi connectivity index (χ0) is 18.3. The van der Waals surface area contributed by atoms with Crippen LogP contribution in [0.5, 0.6) is 5.75 Å². The van der Waals surface area contributed by atoms with E-state index in [2.05, 4.69) is 31.3 Å². The molecular weight excluding hydrogens is 316 g/mol. The Balaban J connectivity index is 1.88. The molecule has 0 aliphatic rings. The van der Waals surface area contributed by atoms with E-state index in [4.69, 9.17) is 9.15 Å². The molecule has 0 atom stereocenters. The molecule has 0 spiro atoms. The van der Waals surface area contributed by atoms with Gasteiger partial charge < -0.3 is 9.15 Å². The molecule has 5 heteroatoms. The molecule has 0 saturated heterocycles. The van der Waals surface area contributed by atoms with Crippen molar-refractivity contribution in [3.63, 3.8) is 0 Å². The summed E-state index contributed by atoms with van der Waals surface area (Å²) in [6, 6.07) is 11.4. The van der Waals surface area contributed by atoms with E-state index < -0.39 is 0 Å². The van der Waals surface area contributed by atoms with Gasteiger partial charge in [-0.15, -0.1) is 0 Å². The Bertz CT molecular complexity index is 753. The Morgan fingerprint density at radius 1 is 1.24 bits per heavy atom. The van der Waals surface area contributed by atoms with Crippen molar-refractivity contribution in [2.24, 2.45) is 5.10 Å². The third-order valence-corrected chi connectivity index (χ3v) is 3.44. The van der Waals surface area contributed by atoms with Gasteiger partial charge in [0, 0.05) is 0 Å². The Hall–Kier alpha value is -2.82. The molecule has 0 saturated carbocycles. The molecule has 132 valence electrons. The summed E-state index contributed by atoms with van der Waals surface area (Å²) in [7, 11) is 0. The summed E-state index contributed by atoms with van der Waals surface area (Å²) in [5, 5.41) is 4.02. The average Bonchev–Trinajstić information content (AvgIpc) is 3.09. The fourth-order valence-electron chi connectivity index (χ4n) is 2.16. The monoisotopic (exact) mass is 340 g/mol. The van der Waals surface area contributed by atoms with E-state index in [0.717, 1.165) is 11.3 Å². The number of carbonyl (C=O) groups is 1. The van der Waals surface area contributed by atoms with Gasteiger partial charge in [-0.25, -0.2) is 5.43 Å². The van der Waals surface area contributed by atoms with E-state index >= 15 is 0 Å². The third kappa shape index (κ3) is 5.95. The van der Waals surface area contributed by atoms with E-state index in [9.17, 15) is 4.79 Å². The Morgan fingerprint density at radius 3 is 2.68 bits per heavy atom. The lowest BCUT2D eigenvalue weighted by Crippen LogP contribution is -2.26. The minimum absolute atomic E-state index is 0.0571. The molecule has 1 heterocycles. The molecule has 0 aliphatic carbocycles. The van der Waals surface area contributed by atoms with Crippen LogP contribution in [0, 0.1) is 0 Å². The number of nitrogens with zero attached hydrogens (tertiary/aromatic N) is 1. The maximum Gasteiger partial charge on any atom is 0.277 e. The Labute approximate surface area is 148 Å². The summed E-state index contributed by atoms with van der Waals surface area (Å²) in [5.74, 6) is 1.13. The second kappa shape index (κ2) is 8.33. The number of carbonyl (C=O) groups excluding carboxylic acids is 1. The minimum atomic E-state index is -0.311. The summed E-state index contributed by atoms with van der Waals surface area (Å²) in [6.45, 7) is 8.01. The van der Waals surface area contributed by atoms with Gasteiger partial charge in [0.1, 0.15) is 11.5 Å². The Kier molecular flexibility index (Phi) is 6.17. The highest BCUT2D eigenvalue weighted by atomic mass is 16.5. The summed E-state index contributed by atoms with van der Waals surface area (Å²) in [4.78, 5) is 11.9. The largest absolute Gasteiger partial charge is 0.483 e. The minimum Gasteiger partial charge on any atom is -0.483 e. The van der Waals surface area contributed by atoms with Gasteiger partial charge in [0.05, 0.1) is 12.0 Å². The molecule has 25 heavy (non-hydrogen) atoms. The lowest BCUT2D eigenvalue weighted by Gasteiger charge is -2.22. The van der Waals surface area contributed by atoms with Gasteiger partial charge in [0.2, 0.25) is 0 Å². The van der Waals surface area contributed by atoms with Gasteiger partial charge in [-0.05, 0) is 48.3 Å². The van der Waals surface area contributed by atoms with Crippen LogP contribution < -0.4 is 10.2 Å². The van der Waals surface area contributed by atoms with E-state index in [1.165, 1.54) is 0 Å². The van der Waals surface area contributed by atoms with Gasteiger partial charge in [-0.1, -0.05) is 39.0 Å². The van der Waals surface area contributed by atoms with Crippen molar-refractivity contribution in [1.29, 1.82) is 0 Å². The lowest BCUT2D eigenvalue weighted by molar-refractivity contribution is -0.123. The number of rotatable bonds is 6. The molecule has 0 radical (unpaired) electrons. The fraction of sp³-hybridized carbons (Fsp3) is 0.300. The van der Waals surface area contributed by atoms with Crippen LogP contribution in [-0.2, 0) is 10.2 Å². The van der Waals surface area contributed by atoms with Gasteiger partial charge in [0.25, 0.3) is 5.91 Å². The number of hydrogen-bond donors (Lipinski definition) is 1. The number of hydrazone groups is 1. The first-order chi connectivity index (χ1) is 11.9. The van der Waals surface area contributed by atoms with Crippen molar-refractivity contribution in [1.82, 2.24) is 5.43 Å². The van der Waals surface area contributed by atoms with Gasteiger partial charge in [0.15, 0.2) is 6.61 Å². The number of ether oxygens (including phenoxy) is 1. The molecule has 0 unspecified atom stereocenters. The molecule has 1 amide bonds. The lowest BCUT2D eigenvalue weighted by atomic mass is 9.86. The summed E-state index contributed by atoms with van der Waals surface area (Å²) in [5.41, 5.74) is 4.14. The molecule has 2 rings (SSSR count). The summed E-state index contributed by atoms with van der Waals surface area (Å²) >= 11 is 0. The molecular formula is C20H24N2O3. The zero-order valence-corrected chi connectivity index (χ0v) is 15.1. The molecule has 2 aromatic rings. The third-order valence-electron chi connectivity index (χ3n) is 3.44. The van der Waals surface area contributed by atoms with Crippen molar-refractivity contribution in [2.75, 3.05) is 6.61 Å². The van der Waals surface area contributed by atoms with Crippen LogP contribution in [0.2, 0.25) is 0 Å². The quantitative estimate of drug-likeness (QED) is 0.634. The predicted molar refractivity (Wildman–Crippen MR) is 99.6 cm³/mol. The van der Waals surface area contributed by atoms with Crippen molar-refractivity contribution in [2.45, 2.75) is 33.1 Å². The topological polar surface area (TPSA) is 63.8 Å². The van der Waals surface area contributed by atoms with Crippen LogP contribution in [0.25, 0.3) is 6.08 Å². The predicted octanol–water partition coefficient (Wildman–Crippen LogP) is 4.16. The number of benzene rings is 1. The molecule has 0 fully saturated rings. The van der Waals surface area contributed by atoms with Gasteiger partial charge in [-0.3, -0.25) is 4.79 Å². The molecule has 0 bridgehead atoms. The van der Waals surface area contributed by atoms with E-state index in [-0.39, 0.29) is 17.9 Å². The molecule has 1 aromatic carbocycles. The van der Waals surface area contributed by atoms with Crippen LogP contribution in [-0.4, -0.2) is 18.2 Å². The average molecular weight is 340 g/mol. The van der Waals surface area contributed by atoms with Crippen molar-refractivity contribution >= 4 is 17.7 Å². The highest BCUT2D eigenvalue weighted by Crippen LogP contribution is 2.30. The number of amides is 1. The van der Waals surface area contributed by atoms with Gasteiger partial charge >= 0.3 is 0 Å². The number of allylic oxidation sites excluding steroid dienone is 1. The molecule has 5 nitrogen and oxygen atoms in total. The second-order valence-corrected chi connectivity index (χ2v) is 6.67. The Morgan fingerprint density at radius 2 is 2.00 bits per heavy atom. The first-order valence-corrected chi connectivity index (χ1v) is 8.13. The second-order valence-electron chi connectivity index (χ2n) is 6.67. The molecule has 0 aliphatic heterocycles. The van der Waals surface area contributed by atoms with E-state index in [1.54, 1.807) is 31.4 Å². The van der Waals surface area contributed by atoms with E-state index in [1.807, 2.05) is 30.3 Å². The molecule has 1 N–H and O–H groups in total. The van der Waals surface area contributed by atoms with E-state index in [0.29, 0.717) is 11.5 Å². The fourth-order valence-corrected chi connectivity index (χ4v) is 2.16. The highest BCUT2D eigenvalue weighted by Gasteiger charge is 2.18. The smallest absolute Gasteiger partial charge is 0.277 e. The van der Waals surface area contributed by atoms with Crippen LogP contribution in [0.3, 0.4) is 0 Å². The first-order valence-electron chi connectivity index (χ1n) is 8.13. The van der Waals surface area contributed by atoms with Crippen molar-refractivity contribution in [3.8, 4) is 5.75 Å². The van der Waals surface area contributed by atoms with Crippen molar-refractivity contribution in [3.05, 3.63) is 60.1 Å². The van der Waals surface area contributed by atoms with Crippen LogP contribution in [0.15, 0.2) is 58.3 Å². The van der Waals surface area contributed by atoms with Crippen LogP contribution >= 0.6 is 0 Å². The maximum atomic E-state index is 11.9. The van der Waals surface area contributed by atoms with Crippen molar-refractivity contribution < 1.29 is 13.9 Å². The zero-order valence-electron chi connectivity index (χ0n) is 15.1. The number of nitrogens with one attached hydrogen (secondary N) is 1. The summed E-state index contributed by atoms with van der Waals surface area (Å²) < 4.78 is 10.8.